The molecule has 2 saturated carbocycles. The van der Waals surface area contributed by atoms with E-state index in [2.05, 4.69) is 26.0 Å². The molecule has 2 fully saturated rings. The van der Waals surface area contributed by atoms with Crippen molar-refractivity contribution in [3.05, 3.63) is 23.3 Å². The zero-order valence-electron chi connectivity index (χ0n) is 14.8. The lowest BCUT2D eigenvalue weighted by Gasteiger charge is -2.57. The second kappa shape index (κ2) is 5.05. The fraction of sp³-hybridized carbons (Fsp3) is 0.762. The summed E-state index contributed by atoms with van der Waals surface area (Å²) in [5.74, 6) is 2.38. The van der Waals surface area contributed by atoms with Gasteiger partial charge in [0.15, 0.2) is 5.78 Å². The minimum absolute atomic E-state index is 0.114. The molecular weight excluding hydrogens is 284 g/mol. The standard InChI is InChI=1S/C21H30O2/c1-13(22)17-6-7-18-16-5-4-14-12-15(23)8-10-20(14,2)19(16)9-11-21(17,18)3/h4,6,15-16,18-19,23H,5,7-12H2,1-3H3/t15?,16?,18?,19?,20-,21+/m0/s1. The number of carbonyl (C=O) groups is 1. The van der Waals surface area contributed by atoms with Crippen LogP contribution in [0.4, 0.5) is 0 Å². The number of fused-ring (bicyclic) bond motifs is 5. The van der Waals surface area contributed by atoms with Gasteiger partial charge >= 0.3 is 0 Å². The van der Waals surface area contributed by atoms with Gasteiger partial charge < -0.3 is 5.11 Å². The first-order valence-electron chi connectivity index (χ1n) is 9.45. The van der Waals surface area contributed by atoms with Crippen molar-refractivity contribution in [1.82, 2.24) is 0 Å². The molecule has 0 saturated heterocycles. The van der Waals surface area contributed by atoms with Gasteiger partial charge in [-0.15, -0.1) is 0 Å². The molecule has 2 nitrogen and oxygen atoms in total. The molecule has 4 aliphatic carbocycles. The fourth-order valence-corrected chi connectivity index (χ4v) is 6.75. The highest BCUT2D eigenvalue weighted by Gasteiger charge is 2.57. The Morgan fingerprint density at radius 1 is 1.09 bits per heavy atom. The number of carbonyl (C=O) groups excluding carboxylic acids is 1. The van der Waals surface area contributed by atoms with Gasteiger partial charge in [-0.05, 0) is 86.0 Å². The van der Waals surface area contributed by atoms with Crippen molar-refractivity contribution in [1.29, 1.82) is 0 Å². The molecule has 0 radical (unpaired) electrons. The van der Waals surface area contributed by atoms with Crippen LogP contribution in [-0.4, -0.2) is 17.0 Å². The summed E-state index contributed by atoms with van der Waals surface area (Å²) < 4.78 is 0. The van der Waals surface area contributed by atoms with Gasteiger partial charge in [0.2, 0.25) is 0 Å². The predicted octanol–water partition coefficient (Wildman–Crippen LogP) is 4.44. The van der Waals surface area contributed by atoms with E-state index < -0.39 is 0 Å². The average molecular weight is 314 g/mol. The van der Waals surface area contributed by atoms with Crippen molar-refractivity contribution in [3.63, 3.8) is 0 Å². The van der Waals surface area contributed by atoms with Crippen LogP contribution < -0.4 is 0 Å². The van der Waals surface area contributed by atoms with E-state index in [1.807, 2.05) is 0 Å². The Kier molecular flexibility index (Phi) is 3.43. The van der Waals surface area contributed by atoms with Crippen LogP contribution in [0.5, 0.6) is 0 Å². The van der Waals surface area contributed by atoms with Crippen LogP contribution in [0.15, 0.2) is 23.3 Å². The molecule has 0 bridgehead atoms. The van der Waals surface area contributed by atoms with Crippen LogP contribution in [0.1, 0.15) is 65.7 Å². The quantitative estimate of drug-likeness (QED) is 0.727. The lowest BCUT2D eigenvalue weighted by atomic mass is 9.47. The fourth-order valence-electron chi connectivity index (χ4n) is 6.75. The topological polar surface area (TPSA) is 37.3 Å². The highest BCUT2D eigenvalue weighted by atomic mass is 16.3. The van der Waals surface area contributed by atoms with Crippen LogP contribution in [-0.2, 0) is 4.79 Å². The summed E-state index contributed by atoms with van der Waals surface area (Å²) in [7, 11) is 0. The van der Waals surface area contributed by atoms with E-state index in [0.29, 0.717) is 17.3 Å². The number of ketones is 1. The summed E-state index contributed by atoms with van der Waals surface area (Å²) in [6.07, 6.45) is 12.2. The lowest BCUT2D eigenvalue weighted by Crippen LogP contribution is -2.50. The maximum absolute atomic E-state index is 12.1. The second-order valence-electron chi connectivity index (χ2n) is 9.02. The number of hydrogen-bond acceptors (Lipinski definition) is 2. The van der Waals surface area contributed by atoms with Crippen LogP contribution in [0.3, 0.4) is 0 Å². The van der Waals surface area contributed by atoms with E-state index in [4.69, 9.17) is 0 Å². The zero-order chi connectivity index (χ0) is 16.4. The number of Topliss-reactive ketones (excluding diaryl/α,β-unsaturated/α-hetero) is 1. The maximum Gasteiger partial charge on any atom is 0.156 e. The predicted molar refractivity (Wildman–Crippen MR) is 91.9 cm³/mol. The molecule has 2 heteroatoms. The molecule has 4 aliphatic rings. The number of hydrogen-bond donors (Lipinski definition) is 1. The summed E-state index contributed by atoms with van der Waals surface area (Å²) in [6.45, 7) is 6.55. The van der Waals surface area contributed by atoms with Crippen molar-refractivity contribution in [2.45, 2.75) is 71.8 Å². The minimum Gasteiger partial charge on any atom is -0.393 e. The average Bonchev–Trinajstić information content (AvgIpc) is 2.85. The molecule has 4 rings (SSSR count). The summed E-state index contributed by atoms with van der Waals surface area (Å²) in [5, 5.41) is 10.1. The van der Waals surface area contributed by atoms with Crippen molar-refractivity contribution in [2.24, 2.45) is 28.6 Å². The highest BCUT2D eigenvalue weighted by molar-refractivity contribution is 5.95. The first kappa shape index (κ1) is 15.6. The first-order chi connectivity index (χ1) is 10.9. The van der Waals surface area contributed by atoms with E-state index in [0.717, 1.165) is 50.0 Å². The summed E-state index contributed by atoms with van der Waals surface area (Å²) >= 11 is 0. The van der Waals surface area contributed by atoms with Crippen LogP contribution in [0.2, 0.25) is 0 Å². The summed E-state index contributed by atoms with van der Waals surface area (Å²) in [6, 6.07) is 0. The van der Waals surface area contributed by atoms with E-state index in [9.17, 15) is 9.90 Å². The van der Waals surface area contributed by atoms with Gasteiger partial charge in [0, 0.05) is 0 Å². The van der Waals surface area contributed by atoms with Gasteiger partial charge in [0.25, 0.3) is 0 Å². The van der Waals surface area contributed by atoms with E-state index >= 15 is 0 Å². The Bertz CT molecular complexity index is 601. The van der Waals surface area contributed by atoms with Crippen molar-refractivity contribution in [2.75, 3.05) is 0 Å². The third kappa shape index (κ3) is 2.06. The molecule has 0 aliphatic heterocycles. The van der Waals surface area contributed by atoms with Crippen molar-refractivity contribution < 1.29 is 9.90 Å². The molecular formula is C21H30O2. The van der Waals surface area contributed by atoms with Gasteiger partial charge in [0.05, 0.1) is 6.10 Å². The van der Waals surface area contributed by atoms with Gasteiger partial charge in [-0.25, -0.2) is 0 Å². The molecule has 126 valence electrons. The Morgan fingerprint density at radius 3 is 2.57 bits per heavy atom. The van der Waals surface area contributed by atoms with Crippen LogP contribution in [0.25, 0.3) is 0 Å². The van der Waals surface area contributed by atoms with Gasteiger partial charge in [-0.2, -0.15) is 0 Å². The largest absolute Gasteiger partial charge is 0.393 e. The molecule has 0 aromatic heterocycles. The van der Waals surface area contributed by atoms with E-state index in [-0.39, 0.29) is 17.3 Å². The minimum atomic E-state index is -0.128. The van der Waals surface area contributed by atoms with Crippen molar-refractivity contribution in [3.8, 4) is 0 Å². The molecule has 23 heavy (non-hydrogen) atoms. The number of allylic oxidation sites excluding steroid dienone is 3. The molecule has 0 amide bonds. The normalized spacial score (nSPS) is 48.7. The van der Waals surface area contributed by atoms with Gasteiger partial charge in [0.1, 0.15) is 0 Å². The maximum atomic E-state index is 12.1. The number of aliphatic hydroxyl groups excluding tert-OH is 1. The molecule has 6 atom stereocenters. The third-order valence-electron chi connectivity index (χ3n) is 8.04. The molecule has 4 unspecified atom stereocenters. The van der Waals surface area contributed by atoms with Crippen LogP contribution >= 0.6 is 0 Å². The Labute approximate surface area is 140 Å². The summed E-state index contributed by atoms with van der Waals surface area (Å²) in [5.41, 5.74) is 3.05. The van der Waals surface area contributed by atoms with Gasteiger partial charge in [-0.3, -0.25) is 4.79 Å². The first-order valence-corrected chi connectivity index (χ1v) is 9.45. The van der Waals surface area contributed by atoms with Gasteiger partial charge in [-0.1, -0.05) is 31.6 Å². The summed E-state index contributed by atoms with van der Waals surface area (Å²) in [4.78, 5) is 12.1. The molecule has 0 heterocycles. The second-order valence-corrected chi connectivity index (χ2v) is 9.02. The molecule has 1 N–H and O–H groups in total. The Balaban J connectivity index is 1.67. The Morgan fingerprint density at radius 2 is 1.83 bits per heavy atom. The molecule has 0 aromatic rings. The van der Waals surface area contributed by atoms with Crippen LogP contribution in [0, 0.1) is 28.6 Å². The molecule has 0 aromatic carbocycles. The third-order valence-corrected chi connectivity index (χ3v) is 8.04. The smallest absolute Gasteiger partial charge is 0.156 e. The van der Waals surface area contributed by atoms with E-state index in [1.54, 1.807) is 6.92 Å². The van der Waals surface area contributed by atoms with Crippen molar-refractivity contribution >= 4 is 5.78 Å². The van der Waals surface area contributed by atoms with E-state index in [1.165, 1.54) is 12.0 Å². The SMILES string of the molecule is CC(=O)C1=CCC2C3CC=C4CC(O)CC[C@]4(C)C3CC[C@]12C. The zero-order valence-corrected chi connectivity index (χ0v) is 14.8. The highest BCUT2D eigenvalue weighted by Crippen LogP contribution is 2.64. The Hall–Kier alpha value is -0.890. The molecule has 0 spiro atoms. The monoisotopic (exact) mass is 314 g/mol. The number of rotatable bonds is 1. The lowest BCUT2D eigenvalue weighted by molar-refractivity contribution is -0.115. The number of aliphatic hydroxyl groups is 1.